The molecule has 0 aliphatic carbocycles. The molecule has 0 aliphatic rings. The predicted octanol–water partition coefficient (Wildman–Crippen LogP) is 1.16. The largest absolute Gasteiger partial charge is 0.392 e. The molecule has 0 aliphatic heterocycles. The molecule has 2 heterocycles. The van der Waals surface area contributed by atoms with Crippen LogP contribution in [0.4, 0.5) is 0 Å². The van der Waals surface area contributed by atoms with Crippen molar-refractivity contribution < 1.29 is 13.5 Å². The van der Waals surface area contributed by atoms with Gasteiger partial charge in [0.2, 0.25) is 10.0 Å². The van der Waals surface area contributed by atoms with E-state index < -0.39 is 10.0 Å². The van der Waals surface area contributed by atoms with Gasteiger partial charge >= 0.3 is 0 Å². The zero-order chi connectivity index (χ0) is 13.7. The van der Waals surface area contributed by atoms with Crippen molar-refractivity contribution in [3.8, 4) is 0 Å². The highest BCUT2D eigenvalue weighted by molar-refractivity contribution is 7.91. The first-order valence-electron chi connectivity index (χ1n) is 5.69. The molecule has 2 rings (SSSR count). The zero-order valence-corrected chi connectivity index (χ0v) is 11.7. The summed E-state index contributed by atoms with van der Waals surface area (Å²) in [5.74, 6) is 0. The van der Waals surface area contributed by atoms with Gasteiger partial charge in [0.15, 0.2) is 0 Å². The van der Waals surface area contributed by atoms with Crippen LogP contribution >= 0.6 is 11.3 Å². The fraction of sp³-hybridized carbons (Fsp3) is 0.250. The molecule has 0 bridgehead atoms. The second-order valence-corrected chi connectivity index (χ2v) is 6.81. The first kappa shape index (κ1) is 14.1. The van der Waals surface area contributed by atoms with Gasteiger partial charge in [-0.3, -0.25) is 4.98 Å². The van der Waals surface area contributed by atoms with Gasteiger partial charge in [0.1, 0.15) is 4.21 Å². The van der Waals surface area contributed by atoms with Crippen molar-refractivity contribution in [3.63, 3.8) is 0 Å². The average molecular weight is 298 g/mol. The fourth-order valence-corrected chi connectivity index (χ4v) is 3.78. The Morgan fingerprint density at radius 1 is 1.37 bits per heavy atom. The summed E-state index contributed by atoms with van der Waals surface area (Å²) in [5, 5.41) is 10.6. The third-order valence-electron chi connectivity index (χ3n) is 2.48. The third kappa shape index (κ3) is 3.84. The van der Waals surface area contributed by atoms with Crippen molar-refractivity contribution in [2.75, 3.05) is 6.54 Å². The van der Waals surface area contributed by atoms with Crippen molar-refractivity contribution in [1.29, 1.82) is 0 Å². The lowest BCUT2D eigenvalue weighted by molar-refractivity contribution is 0.282. The summed E-state index contributed by atoms with van der Waals surface area (Å²) in [4.78, 5) is 4.12. The van der Waals surface area contributed by atoms with Gasteiger partial charge in [0.25, 0.3) is 0 Å². The van der Waals surface area contributed by atoms with Gasteiger partial charge in [-0.2, -0.15) is 0 Å². The lowest BCUT2D eigenvalue weighted by atomic mass is 10.3. The van der Waals surface area contributed by atoms with Crippen LogP contribution in [-0.2, 0) is 23.1 Å². The van der Waals surface area contributed by atoms with Crippen molar-refractivity contribution in [2.45, 2.75) is 17.2 Å². The maximum Gasteiger partial charge on any atom is 0.250 e. The topological polar surface area (TPSA) is 79.3 Å². The molecule has 0 fully saturated rings. The highest BCUT2D eigenvalue weighted by atomic mass is 32.2. The van der Waals surface area contributed by atoms with Gasteiger partial charge in [-0.25, -0.2) is 13.1 Å². The molecule has 7 heteroatoms. The maximum atomic E-state index is 11.9. The molecule has 0 unspecified atom stereocenters. The number of rotatable bonds is 6. The molecule has 0 amide bonds. The van der Waals surface area contributed by atoms with Gasteiger partial charge < -0.3 is 5.11 Å². The maximum absolute atomic E-state index is 11.9. The van der Waals surface area contributed by atoms with Crippen molar-refractivity contribution >= 4 is 21.4 Å². The minimum atomic E-state index is -3.49. The van der Waals surface area contributed by atoms with Crippen LogP contribution in [0.15, 0.2) is 40.1 Å². The molecular formula is C12H14N2O3S2. The molecule has 0 radical (unpaired) electrons. The molecule has 0 saturated heterocycles. The van der Waals surface area contributed by atoms with Crippen LogP contribution in [0.25, 0.3) is 0 Å². The number of hydrogen-bond acceptors (Lipinski definition) is 5. The van der Waals surface area contributed by atoms with Crippen LogP contribution in [0, 0.1) is 0 Å². The van der Waals surface area contributed by atoms with Crippen molar-refractivity contribution in [2.24, 2.45) is 0 Å². The number of hydrogen-bond donors (Lipinski definition) is 2. The normalized spacial score (nSPS) is 11.6. The van der Waals surface area contributed by atoms with Crippen LogP contribution in [0.2, 0.25) is 0 Å². The molecule has 0 atom stereocenters. The molecule has 19 heavy (non-hydrogen) atoms. The highest BCUT2D eigenvalue weighted by Crippen LogP contribution is 2.19. The number of aliphatic hydroxyl groups is 1. The third-order valence-corrected chi connectivity index (χ3v) is 5.43. The zero-order valence-electron chi connectivity index (χ0n) is 10.1. The number of thiophene rings is 1. The second-order valence-electron chi connectivity index (χ2n) is 3.90. The quantitative estimate of drug-likeness (QED) is 0.838. The Kier molecular flexibility index (Phi) is 4.65. The van der Waals surface area contributed by atoms with Gasteiger partial charge in [0.05, 0.1) is 6.61 Å². The summed E-state index contributed by atoms with van der Waals surface area (Å²) in [6, 6.07) is 7.01. The Morgan fingerprint density at radius 2 is 2.21 bits per heavy atom. The molecule has 2 aromatic heterocycles. The van der Waals surface area contributed by atoms with E-state index in [1.807, 2.05) is 18.2 Å². The standard InChI is InChI=1S/C12H14N2O3S2/c15-8-10-7-12(18-9-10)19(16,17)14-6-4-11-3-1-2-5-13-11/h1-3,5,7,9,14-15H,4,6,8H2. The first-order valence-corrected chi connectivity index (χ1v) is 8.06. The Morgan fingerprint density at radius 3 is 2.84 bits per heavy atom. The van der Waals surface area contributed by atoms with E-state index in [-0.39, 0.29) is 10.8 Å². The van der Waals surface area contributed by atoms with E-state index in [4.69, 9.17) is 5.11 Å². The van der Waals surface area contributed by atoms with Gasteiger partial charge in [-0.05, 0) is 29.1 Å². The molecule has 2 N–H and O–H groups in total. The van der Waals surface area contributed by atoms with Crippen LogP contribution in [-0.4, -0.2) is 25.1 Å². The molecule has 0 aromatic carbocycles. The van der Waals surface area contributed by atoms with Crippen LogP contribution in [0.1, 0.15) is 11.3 Å². The number of sulfonamides is 1. The summed E-state index contributed by atoms with van der Waals surface area (Å²) in [7, 11) is -3.49. The van der Waals surface area contributed by atoms with Gasteiger partial charge in [-0.15, -0.1) is 11.3 Å². The summed E-state index contributed by atoms with van der Waals surface area (Å²) in [6.45, 7) is 0.145. The predicted molar refractivity (Wildman–Crippen MR) is 73.4 cm³/mol. The summed E-state index contributed by atoms with van der Waals surface area (Å²) < 4.78 is 26.6. The van der Waals surface area contributed by atoms with E-state index in [1.165, 1.54) is 6.07 Å². The number of aromatic nitrogens is 1. The number of aliphatic hydroxyl groups excluding tert-OH is 1. The molecule has 5 nitrogen and oxygen atoms in total. The van der Waals surface area contributed by atoms with E-state index in [1.54, 1.807) is 11.6 Å². The van der Waals surface area contributed by atoms with Crippen LogP contribution in [0.5, 0.6) is 0 Å². The Bertz CT molecular complexity index is 623. The Hall–Kier alpha value is -1.28. The second kappa shape index (κ2) is 6.25. The molecule has 0 saturated carbocycles. The van der Waals surface area contributed by atoms with Gasteiger partial charge in [-0.1, -0.05) is 6.07 Å². The lowest BCUT2D eigenvalue weighted by Gasteiger charge is -2.04. The van der Waals surface area contributed by atoms with E-state index in [2.05, 4.69) is 9.71 Å². The molecular weight excluding hydrogens is 284 g/mol. The monoisotopic (exact) mass is 298 g/mol. The van der Waals surface area contributed by atoms with E-state index in [0.29, 0.717) is 18.5 Å². The van der Waals surface area contributed by atoms with E-state index in [9.17, 15) is 8.42 Å². The summed E-state index contributed by atoms with van der Waals surface area (Å²) >= 11 is 1.10. The van der Waals surface area contributed by atoms with Crippen LogP contribution in [0.3, 0.4) is 0 Å². The van der Waals surface area contributed by atoms with E-state index >= 15 is 0 Å². The van der Waals surface area contributed by atoms with E-state index in [0.717, 1.165) is 17.0 Å². The molecule has 102 valence electrons. The first-order chi connectivity index (χ1) is 9.12. The van der Waals surface area contributed by atoms with Crippen LogP contribution < -0.4 is 4.72 Å². The average Bonchev–Trinajstić information content (AvgIpc) is 2.89. The number of nitrogens with one attached hydrogen (secondary N) is 1. The minimum Gasteiger partial charge on any atom is -0.392 e. The van der Waals surface area contributed by atoms with Gasteiger partial charge in [0, 0.05) is 24.9 Å². The Labute approximate surface area is 116 Å². The highest BCUT2D eigenvalue weighted by Gasteiger charge is 2.15. The number of nitrogens with zero attached hydrogens (tertiary/aromatic N) is 1. The lowest BCUT2D eigenvalue weighted by Crippen LogP contribution is -2.25. The Balaban J connectivity index is 1.94. The minimum absolute atomic E-state index is 0.153. The fourth-order valence-electron chi connectivity index (χ4n) is 1.51. The molecule has 0 spiro atoms. The van der Waals surface area contributed by atoms with Crippen molar-refractivity contribution in [1.82, 2.24) is 9.71 Å². The van der Waals surface area contributed by atoms with Crippen molar-refractivity contribution in [3.05, 3.63) is 47.1 Å². The molecule has 2 aromatic rings. The summed E-state index contributed by atoms with van der Waals surface area (Å²) in [6.07, 6.45) is 2.22. The smallest absolute Gasteiger partial charge is 0.250 e. The number of pyridine rings is 1. The SMILES string of the molecule is O=S(=O)(NCCc1ccccn1)c1cc(CO)cs1. The summed E-state index contributed by atoms with van der Waals surface area (Å²) in [5.41, 5.74) is 1.45.